The lowest BCUT2D eigenvalue weighted by Gasteiger charge is -2.35. The number of carboxylic acids is 2. The number of halogens is 7. The summed E-state index contributed by atoms with van der Waals surface area (Å²) in [5.41, 5.74) is 1.90. The summed E-state index contributed by atoms with van der Waals surface area (Å²) in [5, 5.41) is 17.3. The van der Waals surface area contributed by atoms with Crippen LogP contribution in [0.2, 0.25) is 0 Å². The fraction of sp³-hybridized carbons (Fsp3) is 0.364. The summed E-state index contributed by atoms with van der Waals surface area (Å²) in [6.45, 7) is 7.28. The van der Waals surface area contributed by atoms with Crippen LogP contribution in [0, 0.1) is 5.82 Å². The normalized spacial score (nSPS) is 14.3. The summed E-state index contributed by atoms with van der Waals surface area (Å²) in [6.07, 6.45) is -8.53. The molecule has 8 nitrogen and oxygen atoms in total. The Morgan fingerprint density at radius 1 is 0.974 bits per heavy atom. The van der Waals surface area contributed by atoms with Gasteiger partial charge in [-0.15, -0.1) is 11.3 Å². The Morgan fingerprint density at radius 2 is 1.53 bits per heavy atom. The van der Waals surface area contributed by atoms with Crippen molar-refractivity contribution in [2.45, 2.75) is 19.3 Å². The summed E-state index contributed by atoms with van der Waals surface area (Å²) in [7, 11) is 0. The molecule has 2 N–H and O–H groups in total. The van der Waals surface area contributed by atoms with E-state index in [4.69, 9.17) is 19.8 Å². The van der Waals surface area contributed by atoms with Crippen LogP contribution in [0.1, 0.15) is 6.92 Å². The van der Waals surface area contributed by atoms with Crippen LogP contribution in [0.5, 0.6) is 0 Å². The molecule has 0 atom stereocenters. The molecule has 0 bridgehead atoms. The Kier molecular flexibility index (Phi) is 10.4. The number of piperazine rings is 1. The minimum absolute atomic E-state index is 0.221. The van der Waals surface area contributed by atoms with Crippen molar-refractivity contribution < 1.29 is 50.5 Å². The van der Waals surface area contributed by atoms with E-state index < -0.39 is 24.3 Å². The van der Waals surface area contributed by atoms with Crippen LogP contribution in [-0.2, 0) is 9.59 Å². The number of carboxylic acid groups (broad SMARTS) is 2. The van der Waals surface area contributed by atoms with Gasteiger partial charge in [0.25, 0.3) is 0 Å². The van der Waals surface area contributed by atoms with Gasteiger partial charge in [-0.1, -0.05) is 19.1 Å². The third kappa shape index (κ3) is 8.51. The summed E-state index contributed by atoms with van der Waals surface area (Å²) < 4.78 is 77.1. The Bertz CT molecular complexity index is 1220. The number of alkyl halides is 6. The number of anilines is 1. The van der Waals surface area contributed by atoms with Crippen LogP contribution in [-0.4, -0.2) is 82.1 Å². The zero-order valence-electron chi connectivity index (χ0n) is 19.6. The lowest BCUT2D eigenvalue weighted by atomic mass is 10.1. The molecule has 0 aliphatic carbocycles. The van der Waals surface area contributed by atoms with Gasteiger partial charge in [0.15, 0.2) is 0 Å². The number of aliphatic carboxylic acids is 2. The van der Waals surface area contributed by atoms with Crippen molar-refractivity contribution in [2.75, 3.05) is 37.6 Å². The summed E-state index contributed by atoms with van der Waals surface area (Å²) in [6, 6.07) is 6.74. The van der Waals surface area contributed by atoms with Crippen LogP contribution < -0.4 is 4.90 Å². The molecule has 0 unspecified atom stereocenters. The van der Waals surface area contributed by atoms with E-state index in [0.717, 1.165) is 59.9 Å². The number of aromatic nitrogens is 2. The molecule has 2 aromatic heterocycles. The number of rotatable bonds is 3. The first kappa shape index (κ1) is 30.7. The van der Waals surface area contributed by atoms with Gasteiger partial charge in [-0.2, -0.15) is 26.3 Å². The Hall–Kier alpha value is -3.53. The number of nitrogens with zero attached hydrogens (tertiary/aromatic N) is 4. The van der Waals surface area contributed by atoms with Gasteiger partial charge in [-0.3, -0.25) is 0 Å². The average molecular weight is 570 g/mol. The second-order valence-electron chi connectivity index (χ2n) is 7.56. The first-order chi connectivity index (χ1) is 17.6. The standard InChI is InChI=1S/C18H19FN4S.2C2HF3O2/c1-2-22-6-8-23(9-7-22)17-16-15(11-24-18(16)21-12-20-17)13-4-3-5-14(19)10-13;2*3-2(4,5)1(6)7/h3-5,10-12H,2,6-9H2,1H3;2*(H,6,7). The molecule has 0 radical (unpaired) electrons. The van der Waals surface area contributed by atoms with Gasteiger partial charge >= 0.3 is 24.3 Å². The van der Waals surface area contributed by atoms with E-state index in [0.29, 0.717) is 0 Å². The number of hydrogen-bond acceptors (Lipinski definition) is 7. The fourth-order valence-corrected chi connectivity index (χ4v) is 4.15. The predicted octanol–water partition coefficient (Wildman–Crippen LogP) is 4.91. The second kappa shape index (κ2) is 12.8. The second-order valence-corrected chi connectivity index (χ2v) is 8.42. The summed E-state index contributed by atoms with van der Waals surface area (Å²) in [5.74, 6) is -4.77. The van der Waals surface area contributed by atoms with Gasteiger partial charge in [-0.25, -0.2) is 23.9 Å². The number of thiophene rings is 1. The van der Waals surface area contributed by atoms with Crippen LogP contribution in [0.4, 0.5) is 36.6 Å². The maximum atomic E-state index is 13.7. The molecule has 0 saturated carbocycles. The monoisotopic (exact) mass is 570 g/mol. The Labute approximate surface area is 214 Å². The first-order valence-electron chi connectivity index (χ1n) is 10.7. The molecule has 38 heavy (non-hydrogen) atoms. The number of carbonyl (C=O) groups is 2. The van der Waals surface area contributed by atoms with Crippen molar-refractivity contribution in [1.29, 1.82) is 0 Å². The maximum Gasteiger partial charge on any atom is 0.490 e. The largest absolute Gasteiger partial charge is 0.490 e. The molecular formula is C22H21F7N4O4S. The number of fused-ring (bicyclic) bond motifs is 1. The van der Waals surface area contributed by atoms with E-state index in [9.17, 15) is 30.7 Å². The van der Waals surface area contributed by atoms with E-state index in [1.807, 2.05) is 6.07 Å². The Morgan fingerprint density at radius 3 is 2.00 bits per heavy atom. The Balaban J connectivity index is 0.000000301. The molecule has 0 amide bonds. The first-order valence-corrected chi connectivity index (χ1v) is 11.6. The van der Waals surface area contributed by atoms with Crippen molar-refractivity contribution in [1.82, 2.24) is 14.9 Å². The molecular weight excluding hydrogens is 549 g/mol. The number of hydrogen-bond donors (Lipinski definition) is 2. The molecule has 0 spiro atoms. The van der Waals surface area contributed by atoms with Crippen molar-refractivity contribution in [3.63, 3.8) is 0 Å². The SMILES string of the molecule is CCN1CCN(c2ncnc3scc(-c4cccc(F)c4)c23)CC1.O=C(O)C(F)(F)F.O=C(O)C(F)(F)F. The summed E-state index contributed by atoms with van der Waals surface area (Å²) >= 11 is 1.59. The van der Waals surface area contributed by atoms with Gasteiger partial charge in [0.2, 0.25) is 0 Å². The molecule has 3 heterocycles. The van der Waals surface area contributed by atoms with E-state index in [1.54, 1.807) is 29.8 Å². The highest BCUT2D eigenvalue weighted by Gasteiger charge is 2.38. The number of benzene rings is 1. The quantitative estimate of drug-likeness (QED) is 0.428. The minimum Gasteiger partial charge on any atom is -0.475 e. The van der Waals surface area contributed by atoms with Crippen LogP contribution in [0.3, 0.4) is 0 Å². The van der Waals surface area contributed by atoms with Gasteiger partial charge < -0.3 is 20.0 Å². The highest BCUT2D eigenvalue weighted by Crippen LogP contribution is 2.38. The minimum atomic E-state index is -5.08. The van der Waals surface area contributed by atoms with Crippen LogP contribution >= 0.6 is 11.3 Å². The topological polar surface area (TPSA) is 107 Å². The molecule has 1 aromatic carbocycles. The maximum absolute atomic E-state index is 13.7. The van der Waals surface area contributed by atoms with Gasteiger partial charge in [-0.05, 0) is 24.2 Å². The van der Waals surface area contributed by atoms with E-state index in [1.165, 1.54) is 6.07 Å². The van der Waals surface area contributed by atoms with Gasteiger partial charge in [0.05, 0.1) is 5.39 Å². The summed E-state index contributed by atoms with van der Waals surface area (Å²) in [4.78, 5) is 32.5. The van der Waals surface area contributed by atoms with E-state index in [-0.39, 0.29) is 5.82 Å². The third-order valence-corrected chi connectivity index (χ3v) is 5.98. The van der Waals surface area contributed by atoms with Crippen molar-refractivity contribution in [3.05, 3.63) is 41.8 Å². The molecule has 208 valence electrons. The molecule has 1 saturated heterocycles. The van der Waals surface area contributed by atoms with Gasteiger partial charge in [0.1, 0.15) is 22.8 Å². The number of likely N-dealkylation sites (N-methyl/N-ethyl adjacent to an activating group) is 1. The van der Waals surface area contributed by atoms with Gasteiger partial charge in [0, 0.05) is 37.1 Å². The molecule has 3 aromatic rings. The molecule has 1 aliphatic heterocycles. The van der Waals surface area contributed by atoms with Crippen LogP contribution in [0.15, 0.2) is 36.0 Å². The average Bonchev–Trinajstić information content (AvgIpc) is 3.28. The molecule has 16 heteroatoms. The third-order valence-electron chi connectivity index (χ3n) is 5.09. The predicted molar refractivity (Wildman–Crippen MR) is 125 cm³/mol. The molecule has 1 aliphatic rings. The fourth-order valence-electron chi connectivity index (χ4n) is 3.24. The molecule has 4 rings (SSSR count). The van der Waals surface area contributed by atoms with Crippen molar-refractivity contribution >= 4 is 39.3 Å². The molecule has 1 fully saturated rings. The van der Waals surface area contributed by atoms with Crippen molar-refractivity contribution in [3.8, 4) is 11.1 Å². The highest BCUT2D eigenvalue weighted by atomic mass is 32.1. The lowest BCUT2D eigenvalue weighted by Crippen LogP contribution is -2.46. The zero-order valence-corrected chi connectivity index (χ0v) is 20.4. The van der Waals surface area contributed by atoms with E-state index >= 15 is 0 Å². The zero-order chi connectivity index (χ0) is 28.7. The van der Waals surface area contributed by atoms with Crippen molar-refractivity contribution in [2.24, 2.45) is 0 Å². The van der Waals surface area contributed by atoms with E-state index in [2.05, 4.69) is 32.1 Å². The smallest absolute Gasteiger partial charge is 0.475 e. The lowest BCUT2D eigenvalue weighted by molar-refractivity contribution is -0.193. The highest BCUT2D eigenvalue weighted by molar-refractivity contribution is 7.17. The van der Waals surface area contributed by atoms with Crippen LogP contribution in [0.25, 0.3) is 21.3 Å².